The van der Waals surface area contributed by atoms with Gasteiger partial charge in [0.15, 0.2) is 11.5 Å². The molecule has 0 amide bonds. The molecule has 8 aromatic carbocycles. The third-order valence-electron chi connectivity index (χ3n) is 12.5. The Balaban J connectivity index is 1.20. The lowest BCUT2D eigenvalue weighted by Gasteiger charge is -2.28. The molecule has 0 aliphatic rings. The zero-order valence-corrected chi connectivity index (χ0v) is 38.6. The molecule has 0 fully saturated rings. The normalized spacial score (nSPS) is 11.8. The van der Waals surface area contributed by atoms with Gasteiger partial charge in [-0.15, -0.1) is 0 Å². The average Bonchev–Trinajstić information content (AvgIpc) is 4.22. The molecular weight excluding hydrogens is 887 g/mol. The van der Waals surface area contributed by atoms with Gasteiger partial charge in [-0.3, -0.25) is 17.4 Å². The maximum Gasteiger partial charge on any atom is 0.341 e. The van der Waals surface area contributed by atoms with Crippen LogP contribution in [0.15, 0.2) is 207 Å². The van der Waals surface area contributed by atoms with Crippen molar-refractivity contribution < 1.29 is 28.1 Å². The monoisotopic (exact) mass is 926 g/mol. The van der Waals surface area contributed by atoms with Gasteiger partial charge in [-0.05, 0) is 82.2 Å². The molecule has 330 valence electrons. The topological polar surface area (TPSA) is 90.8 Å². The Morgan fingerprint density at radius 2 is 0.647 bits per heavy atom. The molecule has 0 radical (unpaired) electrons. The molecule has 0 spiro atoms. The van der Waals surface area contributed by atoms with Crippen LogP contribution < -0.4 is 9.05 Å². The highest BCUT2D eigenvalue weighted by molar-refractivity contribution is 7.50. The number of aromatic nitrogens is 4. The number of ether oxygens (including phenoxy) is 2. The molecule has 0 aliphatic heterocycles. The Bertz CT molecular complexity index is 3540. The van der Waals surface area contributed by atoms with Crippen molar-refractivity contribution in [1.29, 1.82) is 0 Å². The average molecular weight is 927 g/mol. The Labute approximate surface area is 392 Å². The van der Waals surface area contributed by atoms with Crippen molar-refractivity contribution in [3.8, 4) is 22.6 Å². The van der Waals surface area contributed by atoms with E-state index in [1.54, 1.807) is 0 Å². The fraction of sp³-hybridized carbons (Fsp3) is 0.0357. The first-order chi connectivity index (χ1) is 33.5. The molecule has 10 nitrogen and oxygen atoms in total. The Hall–Kier alpha value is -8.16. The van der Waals surface area contributed by atoms with Gasteiger partial charge < -0.3 is 18.5 Å². The zero-order chi connectivity index (χ0) is 45.9. The van der Waals surface area contributed by atoms with Crippen molar-refractivity contribution in [2.45, 2.75) is 0 Å². The summed E-state index contributed by atoms with van der Waals surface area (Å²) in [7, 11) is -0.976. The van der Waals surface area contributed by atoms with E-state index in [4.69, 9.17) is 18.5 Å². The van der Waals surface area contributed by atoms with E-state index < -0.39 is 28.8 Å². The standard InChI is InChI=1S/C56H40N4O6P2/c1-63-55(61)45-35-41-19-3-9-21-43(41)51(53(45)65-67(57-31-27-37-15-5-11-23-47(37)57)58-32-28-38-16-6-12-24-48(38)58)52-44-22-10-4-20-42(44)36-46(56(62)64-2)54(52)66-68(59-33-29-39-17-7-13-25-49(39)59)60-34-30-40-18-8-14-26-50(40)60/h3-36H,1-2H3. The molecule has 0 unspecified atom stereocenters. The maximum absolute atomic E-state index is 14.5. The molecule has 0 aliphatic carbocycles. The van der Waals surface area contributed by atoms with Crippen molar-refractivity contribution in [3.05, 3.63) is 218 Å². The van der Waals surface area contributed by atoms with E-state index in [1.807, 2.05) is 134 Å². The molecular formula is C56H40N4O6P2. The van der Waals surface area contributed by atoms with Crippen molar-refractivity contribution >= 4 is 94.0 Å². The minimum atomic E-state index is -1.86. The summed E-state index contributed by atoms with van der Waals surface area (Å²) in [6.07, 6.45) is 8.12. The van der Waals surface area contributed by atoms with E-state index in [2.05, 4.69) is 90.1 Å². The van der Waals surface area contributed by atoms with Gasteiger partial charge in [0.2, 0.25) is 0 Å². The van der Waals surface area contributed by atoms with Gasteiger partial charge >= 0.3 is 28.8 Å². The van der Waals surface area contributed by atoms with Crippen LogP contribution in [-0.2, 0) is 9.47 Å². The smallest absolute Gasteiger partial charge is 0.341 e. The van der Waals surface area contributed by atoms with Crippen LogP contribution >= 0.6 is 16.9 Å². The number of rotatable bonds is 11. The number of fused-ring (bicyclic) bond motifs is 6. The van der Waals surface area contributed by atoms with E-state index in [0.717, 1.165) is 65.2 Å². The van der Waals surface area contributed by atoms with Crippen molar-refractivity contribution in [3.63, 3.8) is 0 Å². The molecule has 68 heavy (non-hydrogen) atoms. The molecule has 0 bridgehead atoms. The molecule has 0 N–H and O–H groups in total. The van der Waals surface area contributed by atoms with E-state index >= 15 is 0 Å². The van der Waals surface area contributed by atoms with Gasteiger partial charge in [-0.1, -0.05) is 121 Å². The van der Waals surface area contributed by atoms with Crippen LogP contribution in [0.4, 0.5) is 0 Å². The number of benzene rings is 8. The van der Waals surface area contributed by atoms with Gasteiger partial charge in [0.1, 0.15) is 11.1 Å². The minimum absolute atomic E-state index is 0.204. The summed E-state index contributed by atoms with van der Waals surface area (Å²) in [5, 5.41) is 7.16. The third kappa shape index (κ3) is 6.79. The zero-order valence-electron chi connectivity index (χ0n) is 36.8. The van der Waals surface area contributed by atoms with Gasteiger partial charge in [0, 0.05) is 57.5 Å². The second-order valence-corrected chi connectivity index (χ2v) is 19.3. The molecule has 0 saturated carbocycles. The predicted molar refractivity (Wildman–Crippen MR) is 274 cm³/mol. The van der Waals surface area contributed by atoms with Crippen molar-refractivity contribution in [2.24, 2.45) is 0 Å². The van der Waals surface area contributed by atoms with Crippen LogP contribution in [0.2, 0.25) is 0 Å². The lowest BCUT2D eigenvalue weighted by molar-refractivity contribution is 0.0589. The summed E-state index contributed by atoms with van der Waals surface area (Å²) in [6, 6.07) is 60.4. The molecule has 4 aromatic heterocycles. The van der Waals surface area contributed by atoms with Crippen molar-refractivity contribution in [1.82, 2.24) is 17.4 Å². The first-order valence-electron chi connectivity index (χ1n) is 22.0. The van der Waals surface area contributed by atoms with Gasteiger partial charge in [-0.25, -0.2) is 9.59 Å². The van der Waals surface area contributed by atoms with Gasteiger partial charge in [-0.2, -0.15) is 0 Å². The minimum Gasteiger partial charge on any atom is -0.465 e. The van der Waals surface area contributed by atoms with Crippen LogP contribution in [0, 0.1) is 0 Å². The Kier molecular flexibility index (Phi) is 10.3. The van der Waals surface area contributed by atoms with Crippen LogP contribution in [0.1, 0.15) is 20.7 Å². The summed E-state index contributed by atoms with van der Waals surface area (Å²) in [6.45, 7) is 0. The molecule has 12 rings (SSSR count). The number of carbonyl (C=O) groups excluding carboxylic acids is 2. The largest absolute Gasteiger partial charge is 0.465 e. The van der Waals surface area contributed by atoms with E-state index in [-0.39, 0.29) is 22.6 Å². The number of carbonyl (C=O) groups is 2. The summed E-state index contributed by atoms with van der Waals surface area (Å²) in [4.78, 5) is 29.1. The number of hydrogen-bond acceptors (Lipinski definition) is 6. The number of para-hydroxylation sites is 4. The second-order valence-electron chi connectivity index (χ2n) is 16.2. The summed E-state index contributed by atoms with van der Waals surface area (Å²) in [5.41, 5.74) is 5.29. The molecule has 0 atom stereocenters. The second kappa shape index (κ2) is 16.9. The Morgan fingerprint density at radius 1 is 0.368 bits per heavy atom. The number of methoxy groups -OCH3 is 2. The Morgan fingerprint density at radius 3 is 0.956 bits per heavy atom. The fourth-order valence-electron chi connectivity index (χ4n) is 9.28. The highest BCUT2D eigenvalue weighted by Gasteiger charge is 2.34. The van der Waals surface area contributed by atoms with E-state index in [0.29, 0.717) is 11.1 Å². The van der Waals surface area contributed by atoms with E-state index in [9.17, 15) is 9.59 Å². The van der Waals surface area contributed by atoms with Gasteiger partial charge in [0.25, 0.3) is 0 Å². The first-order valence-corrected chi connectivity index (χ1v) is 24.3. The number of hydrogen-bond donors (Lipinski definition) is 0. The van der Waals surface area contributed by atoms with E-state index in [1.165, 1.54) is 14.2 Å². The molecule has 12 aromatic rings. The predicted octanol–water partition coefficient (Wildman–Crippen LogP) is 14.5. The maximum atomic E-state index is 14.5. The first kappa shape index (κ1) is 41.3. The summed E-state index contributed by atoms with van der Waals surface area (Å²) < 4.78 is 35.1. The third-order valence-corrected chi connectivity index (χ3v) is 16.0. The van der Waals surface area contributed by atoms with Crippen molar-refractivity contribution in [2.75, 3.05) is 14.2 Å². The molecule has 12 heteroatoms. The van der Waals surface area contributed by atoms with Crippen LogP contribution in [0.5, 0.6) is 11.5 Å². The van der Waals surface area contributed by atoms with Gasteiger partial charge in [0.05, 0.1) is 36.3 Å². The lowest BCUT2D eigenvalue weighted by Crippen LogP contribution is -2.13. The van der Waals surface area contributed by atoms with Crippen LogP contribution in [0.3, 0.4) is 0 Å². The highest BCUT2D eigenvalue weighted by Crippen LogP contribution is 2.57. The summed E-state index contributed by atoms with van der Waals surface area (Å²) in [5.74, 6) is -0.660. The van der Waals surface area contributed by atoms with Crippen LogP contribution in [0.25, 0.3) is 76.3 Å². The molecule has 4 heterocycles. The SMILES string of the molecule is COC(=O)c1cc2ccccc2c(-c2c(OP(n3ccc4ccccc43)n3ccc4ccccc43)c(C(=O)OC)cc3ccccc23)c1OP(n1ccc2ccccc21)n1ccc2ccccc21. The highest BCUT2D eigenvalue weighted by atomic mass is 31.2. The van der Waals surface area contributed by atoms with Crippen LogP contribution in [-0.4, -0.2) is 43.5 Å². The lowest BCUT2D eigenvalue weighted by atomic mass is 9.89. The number of nitrogens with zero attached hydrogens (tertiary/aromatic N) is 4. The fourth-order valence-corrected chi connectivity index (χ4v) is 12.9. The quantitative estimate of drug-likeness (QED) is 0.0948. The number of esters is 2. The molecule has 0 saturated heterocycles. The summed E-state index contributed by atoms with van der Waals surface area (Å²) >= 11 is 0.